The number of aliphatic hydroxyl groups is 1. The molecule has 1 aromatic carbocycles. The van der Waals surface area contributed by atoms with Crippen LogP contribution in [0.25, 0.3) is 12.2 Å². The average molecular weight is 316 g/mol. The van der Waals surface area contributed by atoms with Crippen molar-refractivity contribution in [1.82, 2.24) is 0 Å². The first-order valence-corrected chi connectivity index (χ1v) is 7.87. The van der Waals surface area contributed by atoms with Crippen LogP contribution in [-0.2, 0) is 0 Å². The van der Waals surface area contributed by atoms with E-state index in [2.05, 4.69) is 0 Å². The van der Waals surface area contributed by atoms with Gasteiger partial charge < -0.3 is 19.3 Å². The Hall–Kier alpha value is -1.94. The maximum atomic E-state index is 10.4. The van der Waals surface area contributed by atoms with Crippen molar-refractivity contribution in [2.45, 2.75) is 51.9 Å². The molecule has 0 fully saturated rings. The summed E-state index contributed by atoms with van der Waals surface area (Å²) in [5.74, 6) is 1.97. The molecular formula is C19H24O4. The highest BCUT2D eigenvalue weighted by atomic mass is 16.5. The van der Waals surface area contributed by atoms with E-state index < -0.39 is 17.3 Å². The number of hydrogen-bond donors (Lipinski definition) is 1. The summed E-state index contributed by atoms with van der Waals surface area (Å²) < 4.78 is 18.0. The number of rotatable bonds is 2. The van der Waals surface area contributed by atoms with Crippen molar-refractivity contribution >= 4 is 12.2 Å². The van der Waals surface area contributed by atoms with E-state index in [-0.39, 0.29) is 0 Å². The van der Waals surface area contributed by atoms with E-state index >= 15 is 0 Å². The Balaban J connectivity index is 2.36. The number of methoxy groups -OCH3 is 1. The van der Waals surface area contributed by atoms with Crippen LogP contribution < -0.4 is 14.2 Å². The van der Waals surface area contributed by atoms with Gasteiger partial charge in [-0.15, -0.1) is 0 Å². The average Bonchev–Trinajstić information content (AvgIpc) is 2.42. The van der Waals surface area contributed by atoms with E-state index in [4.69, 9.17) is 14.2 Å². The summed E-state index contributed by atoms with van der Waals surface area (Å²) in [6, 6.07) is 0. The minimum Gasteiger partial charge on any atom is -0.495 e. The second-order valence-corrected chi connectivity index (χ2v) is 7.19. The van der Waals surface area contributed by atoms with Crippen molar-refractivity contribution in [3.05, 3.63) is 28.8 Å². The molecule has 23 heavy (non-hydrogen) atoms. The Morgan fingerprint density at radius 1 is 0.957 bits per heavy atom. The first-order chi connectivity index (χ1) is 10.7. The fraction of sp³-hybridized carbons (Fsp3) is 0.474. The predicted octanol–water partition coefficient (Wildman–Crippen LogP) is 4.12. The second kappa shape index (κ2) is 5.03. The molecule has 4 nitrogen and oxygen atoms in total. The summed E-state index contributed by atoms with van der Waals surface area (Å²) >= 11 is 0. The Kier molecular flexibility index (Phi) is 3.49. The van der Waals surface area contributed by atoms with Gasteiger partial charge in [-0.3, -0.25) is 0 Å². The van der Waals surface area contributed by atoms with Crippen LogP contribution in [-0.4, -0.2) is 23.4 Å². The topological polar surface area (TPSA) is 47.9 Å². The van der Waals surface area contributed by atoms with Gasteiger partial charge in [-0.2, -0.15) is 0 Å². The highest BCUT2D eigenvalue weighted by molar-refractivity contribution is 5.81. The first-order valence-electron chi connectivity index (χ1n) is 7.87. The van der Waals surface area contributed by atoms with Gasteiger partial charge in [-0.25, -0.2) is 0 Å². The maximum absolute atomic E-state index is 10.4. The molecule has 0 saturated carbocycles. The molecule has 4 heteroatoms. The van der Waals surface area contributed by atoms with E-state index in [1.807, 2.05) is 52.0 Å². The van der Waals surface area contributed by atoms with Gasteiger partial charge in [-0.05, 0) is 58.9 Å². The molecule has 0 amide bonds. The van der Waals surface area contributed by atoms with Gasteiger partial charge in [0.05, 0.1) is 29.9 Å². The summed E-state index contributed by atoms with van der Waals surface area (Å²) in [4.78, 5) is 0. The number of aliphatic hydroxyl groups excluding tert-OH is 1. The van der Waals surface area contributed by atoms with Gasteiger partial charge in [0.1, 0.15) is 28.5 Å². The lowest BCUT2D eigenvalue weighted by molar-refractivity contribution is 0.124. The molecular weight excluding hydrogens is 292 g/mol. The lowest BCUT2D eigenvalue weighted by atomic mass is 9.90. The van der Waals surface area contributed by atoms with Crippen molar-refractivity contribution in [3.8, 4) is 17.2 Å². The molecule has 1 unspecified atom stereocenters. The Morgan fingerprint density at radius 3 is 1.74 bits per heavy atom. The van der Waals surface area contributed by atoms with E-state index in [1.54, 1.807) is 14.0 Å². The van der Waals surface area contributed by atoms with E-state index in [0.717, 1.165) is 11.1 Å². The van der Waals surface area contributed by atoms with Crippen molar-refractivity contribution < 1.29 is 19.3 Å². The highest BCUT2D eigenvalue weighted by Crippen LogP contribution is 2.52. The zero-order chi connectivity index (χ0) is 17.0. The zero-order valence-electron chi connectivity index (χ0n) is 14.6. The number of benzene rings is 1. The van der Waals surface area contributed by atoms with Gasteiger partial charge in [0.15, 0.2) is 0 Å². The van der Waals surface area contributed by atoms with Crippen LogP contribution in [0.4, 0.5) is 0 Å². The molecule has 1 aromatic rings. The Morgan fingerprint density at radius 2 is 1.39 bits per heavy atom. The molecule has 1 atom stereocenters. The standard InChI is InChI=1S/C19H24O4/c1-11(20)14-16-12(7-9-18(2,3)22-16)15(21-6)13-8-10-19(4,5)23-17(13)14/h7-11,20H,1-6H3. The minimum atomic E-state index is -0.715. The molecule has 1 N–H and O–H groups in total. The van der Waals surface area contributed by atoms with Crippen LogP contribution in [0.15, 0.2) is 12.2 Å². The van der Waals surface area contributed by atoms with Gasteiger partial charge in [0.2, 0.25) is 0 Å². The zero-order valence-corrected chi connectivity index (χ0v) is 14.6. The first kappa shape index (κ1) is 15.9. The molecule has 0 aliphatic carbocycles. The van der Waals surface area contributed by atoms with Crippen LogP contribution in [0.5, 0.6) is 17.2 Å². The van der Waals surface area contributed by atoms with Crippen molar-refractivity contribution in [2.75, 3.05) is 7.11 Å². The third-order valence-electron chi connectivity index (χ3n) is 4.12. The van der Waals surface area contributed by atoms with Crippen LogP contribution in [0.3, 0.4) is 0 Å². The monoisotopic (exact) mass is 316 g/mol. The highest BCUT2D eigenvalue weighted by Gasteiger charge is 2.36. The normalized spacial score (nSPS) is 20.8. The van der Waals surface area contributed by atoms with Crippen molar-refractivity contribution in [2.24, 2.45) is 0 Å². The molecule has 0 radical (unpaired) electrons. The molecule has 124 valence electrons. The van der Waals surface area contributed by atoms with E-state index in [0.29, 0.717) is 22.8 Å². The van der Waals surface area contributed by atoms with E-state index in [9.17, 15) is 5.11 Å². The lowest BCUT2D eigenvalue weighted by Gasteiger charge is -2.36. The van der Waals surface area contributed by atoms with Crippen LogP contribution in [0.2, 0.25) is 0 Å². The number of fused-ring (bicyclic) bond motifs is 2. The smallest absolute Gasteiger partial charge is 0.141 e. The number of hydrogen-bond acceptors (Lipinski definition) is 4. The summed E-state index contributed by atoms with van der Waals surface area (Å²) in [6.45, 7) is 9.65. The summed E-state index contributed by atoms with van der Waals surface area (Å²) in [7, 11) is 1.64. The lowest BCUT2D eigenvalue weighted by Crippen LogP contribution is -2.31. The van der Waals surface area contributed by atoms with Crippen LogP contribution in [0, 0.1) is 0 Å². The molecule has 0 aromatic heterocycles. The van der Waals surface area contributed by atoms with Crippen molar-refractivity contribution in [3.63, 3.8) is 0 Å². The molecule has 0 bridgehead atoms. The van der Waals surface area contributed by atoms with E-state index in [1.165, 1.54) is 0 Å². The van der Waals surface area contributed by atoms with Gasteiger partial charge in [0.25, 0.3) is 0 Å². The SMILES string of the molecule is COc1c2c(c(C(C)O)c3c1C=CC(C)(C)O3)OC(C)(C)C=C2. The van der Waals surface area contributed by atoms with Crippen LogP contribution in [0.1, 0.15) is 57.4 Å². The quantitative estimate of drug-likeness (QED) is 0.891. The third-order valence-corrected chi connectivity index (χ3v) is 4.12. The summed E-state index contributed by atoms with van der Waals surface area (Å²) in [5.41, 5.74) is 1.46. The fourth-order valence-electron chi connectivity index (χ4n) is 3.03. The largest absolute Gasteiger partial charge is 0.495 e. The molecule has 0 saturated heterocycles. The van der Waals surface area contributed by atoms with Gasteiger partial charge in [-0.1, -0.05) is 0 Å². The molecule has 0 spiro atoms. The molecule has 2 heterocycles. The summed E-state index contributed by atoms with van der Waals surface area (Å²) in [6.07, 6.45) is 7.27. The fourth-order valence-corrected chi connectivity index (χ4v) is 3.03. The summed E-state index contributed by atoms with van der Waals surface area (Å²) in [5, 5.41) is 10.4. The third kappa shape index (κ3) is 2.61. The number of ether oxygens (including phenoxy) is 3. The Bertz CT molecular complexity index is 656. The molecule has 3 rings (SSSR count). The van der Waals surface area contributed by atoms with Crippen molar-refractivity contribution in [1.29, 1.82) is 0 Å². The Labute approximate surface area is 137 Å². The van der Waals surface area contributed by atoms with Gasteiger partial charge >= 0.3 is 0 Å². The predicted molar refractivity (Wildman–Crippen MR) is 91.1 cm³/mol. The maximum Gasteiger partial charge on any atom is 0.141 e. The van der Waals surface area contributed by atoms with Gasteiger partial charge in [0, 0.05) is 0 Å². The molecule has 2 aliphatic heterocycles. The second-order valence-electron chi connectivity index (χ2n) is 7.19. The molecule has 2 aliphatic rings. The minimum absolute atomic E-state index is 0.448. The van der Waals surface area contributed by atoms with Crippen LogP contribution >= 0.6 is 0 Å².